The summed E-state index contributed by atoms with van der Waals surface area (Å²) in [6.45, 7) is 6.40. The first-order valence-corrected chi connectivity index (χ1v) is 8.42. The van der Waals surface area contributed by atoms with Crippen LogP contribution in [-0.4, -0.2) is 11.9 Å². The third kappa shape index (κ3) is 4.45. The molecule has 1 amide bonds. The molecule has 0 saturated heterocycles. The number of carbonyl (C=O) groups is 1. The summed E-state index contributed by atoms with van der Waals surface area (Å²) >= 11 is 0. The molecule has 0 aliphatic heterocycles. The molecule has 0 heterocycles. The quantitative estimate of drug-likeness (QED) is 0.832. The minimum Gasteiger partial charge on any atom is -0.350 e. The van der Waals surface area contributed by atoms with Crippen molar-refractivity contribution in [2.75, 3.05) is 0 Å². The fraction of sp³-hybridized carbons (Fsp3) is 0.333. The third-order valence-corrected chi connectivity index (χ3v) is 4.06. The minimum atomic E-state index is -0.0883. The van der Waals surface area contributed by atoms with Crippen molar-refractivity contribution in [2.24, 2.45) is 5.92 Å². The van der Waals surface area contributed by atoms with Crippen molar-refractivity contribution in [1.29, 1.82) is 5.26 Å². The van der Waals surface area contributed by atoms with E-state index in [4.69, 9.17) is 0 Å². The predicted molar refractivity (Wildman–Crippen MR) is 97.6 cm³/mol. The van der Waals surface area contributed by atoms with Gasteiger partial charge in [0, 0.05) is 17.2 Å². The van der Waals surface area contributed by atoms with Gasteiger partial charge < -0.3 is 5.32 Å². The first-order chi connectivity index (χ1) is 11.5. The van der Waals surface area contributed by atoms with Crippen LogP contribution in [0.2, 0.25) is 0 Å². The molecule has 0 aliphatic carbocycles. The molecule has 1 N–H and O–H groups in total. The molecular formula is C21H24N2O. The van der Waals surface area contributed by atoms with E-state index in [9.17, 15) is 10.1 Å². The van der Waals surface area contributed by atoms with E-state index in [0.717, 1.165) is 24.0 Å². The molecule has 0 radical (unpaired) electrons. The van der Waals surface area contributed by atoms with Gasteiger partial charge in [0.25, 0.3) is 5.91 Å². The van der Waals surface area contributed by atoms with Crippen molar-refractivity contribution in [2.45, 2.75) is 39.7 Å². The number of carbonyl (C=O) groups excluding carboxylic acids is 1. The lowest BCUT2D eigenvalue weighted by molar-refractivity contribution is 0.0938. The van der Waals surface area contributed by atoms with E-state index in [-0.39, 0.29) is 11.9 Å². The molecule has 0 spiro atoms. The Morgan fingerprint density at radius 2 is 1.62 bits per heavy atom. The van der Waals surface area contributed by atoms with Gasteiger partial charge >= 0.3 is 0 Å². The Hall–Kier alpha value is -2.60. The molecule has 2 aromatic rings. The average molecular weight is 320 g/mol. The van der Waals surface area contributed by atoms with Crippen LogP contribution < -0.4 is 5.32 Å². The maximum atomic E-state index is 12.7. The summed E-state index contributed by atoms with van der Waals surface area (Å²) in [6.07, 6.45) is 2.04. The lowest BCUT2D eigenvalue weighted by atomic mass is 9.95. The zero-order valence-corrected chi connectivity index (χ0v) is 14.5. The van der Waals surface area contributed by atoms with Crippen molar-refractivity contribution < 1.29 is 4.79 Å². The number of nitriles is 1. The summed E-state index contributed by atoms with van der Waals surface area (Å²) in [5.74, 6) is 0.536. The first kappa shape index (κ1) is 17.7. The van der Waals surface area contributed by atoms with Gasteiger partial charge in [-0.3, -0.25) is 4.79 Å². The van der Waals surface area contributed by atoms with Gasteiger partial charge in [0.1, 0.15) is 0 Å². The molecule has 2 rings (SSSR count). The molecule has 0 fully saturated rings. The van der Waals surface area contributed by atoms with Crippen LogP contribution in [0.25, 0.3) is 11.1 Å². The highest BCUT2D eigenvalue weighted by molar-refractivity contribution is 6.01. The molecule has 3 nitrogen and oxygen atoms in total. The van der Waals surface area contributed by atoms with E-state index in [0.29, 0.717) is 17.0 Å². The van der Waals surface area contributed by atoms with Crippen LogP contribution in [0, 0.1) is 17.2 Å². The summed E-state index contributed by atoms with van der Waals surface area (Å²) in [4.78, 5) is 12.7. The fourth-order valence-corrected chi connectivity index (χ4v) is 2.69. The normalized spacial score (nSPS) is 11.8. The van der Waals surface area contributed by atoms with Gasteiger partial charge in [-0.25, -0.2) is 0 Å². The predicted octanol–water partition coefficient (Wildman–Crippen LogP) is 4.78. The molecule has 1 unspecified atom stereocenters. The van der Waals surface area contributed by atoms with E-state index in [2.05, 4.69) is 25.2 Å². The highest BCUT2D eigenvalue weighted by Crippen LogP contribution is 2.27. The van der Waals surface area contributed by atoms with Crippen LogP contribution in [0.5, 0.6) is 0 Å². The van der Waals surface area contributed by atoms with Gasteiger partial charge in [0.15, 0.2) is 0 Å². The van der Waals surface area contributed by atoms with Crippen molar-refractivity contribution in [3.8, 4) is 17.2 Å². The van der Waals surface area contributed by atoms with Crippen LogP contribution in [0.4, 0.5) is 0 Å². The number of hydrogen-bond acceptors (Lipinski definition) is 2. The SMILES string of the molecule is CC(C)CCC(C)NC(=O)c1ccccc1-c1ccccc1C#N. The molecule has 0 saturated carbocycles. The number of nitrogens with zero attached hydrogens (tertiary/aromatic N) is 1. The van der Waals surface area contributed by atoms with Gasteiger partial charge in [-0.15, -0.1) is 0 Å². The number of amides is 1. The molecule has 1 atom stereocenters. The molecule has 124 valence electrons. The highest BCUT2D eigenvalue weighted by Gasteiger charge is 2.16. The summed E-state index contributed by atoms with van der Waals surface area (Å²) < 4.78 is 0. The van der Waals surface area contributed by atoms with Crippen molar-refractivity contribution in [3.63, 3.8) is 0 Å². The molecule has 3 heteroatoms. The van der Waals surface area contributed by atoms with E-state index >= 15 is 0 Å². The smallest absolute Gasteiger partial charge is 0.252 e. The van der Waals surface area contributed by atoms with E-state index < -0.39 is 0 Å². The van der Waals surface area contributed by atoms with Crippen molar-refractivity contribution >= 4 is 5.91 Å². The fourth-order valence-electron chi connectivity index (χ4n) is 2.69. The monoisotopic (exact) mass is 320 g/mol. The lowest BCUT2D eigenvalue weighted by Crippen LogP contribution is -2.33. The van der Waals surface area contributed by atoms with E-state index in [1.807, 2.05) is 49.4 Å². The van der Waals surface area contributed by atoms with Crippen LogP contribution >= 0.6 is 0 Å². The van der Waals surface area contributed by atoms with Crippen LogP contribution in [-0.2, 0) is 0 Å². The Morgan fingerprint density at radius 3 is 2.29 bits per heavy atom. The second-order valence-corrected chi connectivity index (χ2v) is 6.55. The Kier molecular flexibility index (Phi) is 6.14. The van der Waals surface area contributed by atoms with Crippen molar-refractivity contribution in [3.05, 3.63) is 59.7 Å². The Balaban J connectivity index is 2.26. The average Bonchev–Trinajstić information content (AvgIpc) is 2.59. The number of rotatable bonds is 6. The van der Waals surface area contributed by atoms with Crippen LogP contribution in [0.3, 0.4) is 0 Å². The summed E-state index contributed by atoms with van der Waals surface area (Å²) in [7, 11) is 0. The van der Waals surface area contributed by atoms with Gasteiger partial charge in [0.05, 0.1) is 11.6 Å². The number of nitrogens with one attached hydrogen (secondary N) is 1. The van der Waals surface area contributed by atoms with E-state index in [1.165, 1.54) is 0 Å². The first-order valence-electron chi connectivity index (χ1n) is 8.42. The summed E-state index contributed by atoms with van der Waals surface area (Å²) in [6, 6.07) is 17.1. The second-order valence-electron chi connectivity index (χ2n) is 6.55. The van der Waals surface area contributed by atoms with Gasteiger partial charge in [0.2, 0.25) is 0 Å². The molecule has 24 heavy (non-hydrogen) atoms. The Labute approximate surface area is 144 Å². The molecular weight excluding hydrogens is 296 g/mol. The Morgan fingerprint density at radius 1 is 1.00 bits per heavy atom. The zero-order valence-electron chi connectivity index (χ0n) is 14.5. The summed E-state index contributed by atoms with van der Waals surface area (Å²) in [5.41, 5.74) is 2.77. The van der Waals surface area contributed by atoms with Crippen LogP contribution in [0.1, 0.15) is 49.5 Å². The largest absolute Gasteiger partial charge is 0.350 e. The molecule has 0 aromatic heterocycles. The summed E-state index contributed by atoms with van der Waals surface area (Å²) in [5, 5.41) is 12.4. The van der Waals surface area contributed by atoms with Crippen molar-refractivity contribution in [1.82, 2.24) is 5.32 Å². The lowest BCUT2D eigenvalue weighted by Gasteiger charge is -2.17. The maximum Gasteiger partial charge on any atom is 0.252 e. The standard InChI is InChI=1S/C21H24N2O/c1-15(2)12-13-16(3)23-21(24)20-11-7-6-10-19(20)18-9-5-4-8-17(18)14-22/h4-11,15-16H,12-13H2,1-3H3,(H,23,24). The number of hydrogen-bond donors (Lipinski definition) is 1. The number of benzene rings is 2. The molecule has 0 bridgehead atoms. The Bertz CT molecular complexity index is 743. The van der Waals surface area contributed by atoms with E-state index in [1.54, 1.807) is 6.07 Å². The van der Waals surface area contributed by atoms with Gasteiger partial charge in [-0.2, -0.15) is 5.26 Å². The highest BCUT2D eigenvalue weighted by atomic mass is 16.1. The third-order valence-electron chi connectivity index (χ3n) is 4.06. The maximum absolute atomic E-state index is 12.7. The van der Waals surface area contributed by atoms with Gasteiger partial charge in [-0.1, -0.05) is 50.2 Å². The second kappa shape index (κ2) is 8.31. The van der Waals surface area contributed by atoms with Crippen LogP contribution in [0.15, 0.2) is 48.5 Å². The topological polar surface area (TPSA) is 52.9 Å². The molecule has 0 aliphatic rings. The zero-order chi connectivity index (χ0) is 17.5. The van der Waals surface area contributed by atoms with Gasteiger partial charge in [-0.05, 0) is 43.4 Å². The minimum absolute atomic E-state index is 0.0883. The molecule has 2 aromatic carbocycles.